The normalized spacial score (nSPS) is 12.6. The van der Waals surface area contributed by atoms with Gasteiger partial charge in [0.2, 0.25) is 0 Å². The molecule has 5 rings (SSSR count). The molecule has 0 radical (unpaired) electrons. The van der Waals surface area contributed by atoms with Crippen molar-refractivity contribution in [1.29, 1.82) is 0 Å². The zero-order valence-electron chi connectivity index (χ0n) is 16.3. The Morgan fingerprint density at radius 3 is 1.90 bits per heavy atom. The number of anilines is 2. The van der Waals surface area contributed by atoms with Crippen LogP contribution < -0.4 is 20.8 Å². The van der Waals surface area contributed by atoms with Gasteiger partial charge in [0, 0.05) is 21.6 Å². The highest BCUT2D eigenvalue weighted by Crippen LogP contribution is 2.50. The zero-order valence-corrected chi connectivity index (χ0v) is 18.0. The summed E-state index contributed by atoms with van der Waals surface area (Å²) in [4.78, 5) is 5.19. The molecule has 4 aromatic rings. The average Bonchev–Trinajstić information content (AvgIpc) is 2.79. The number of para-hydroxylation sites is 1. The molecular formula is C26H22NPS. The van der Waals surface area contributed by atoms with Gasteiger partial charge in [0.25, 0.3) is 0 Å². The largest absolute Gasteiger partial charge is 0.340 e. The summed E-state index contributed by atoms with van der Waals surface area (Å²) in [6.07, 6.45) is 0. The monoisotopic (exact) mass is 411 g/mol. The summed E-state index contributed by atoms with van der Waals surface area (Å²) in [5.41, 5.74) is 2.64. The second-order valence-corrected chi connectivity index (χ2v) is 10.2. The number of benzene rings is 4. The molecule has 1 nitrogen and oxygen atoms in total. The molecule has 0 fully saturated rings. The lowest BCUT2D eigenvalue weighted by atomic mass is 10.2. The zero-order chi connectivity index (χ0) is 19.6. The first kappa shape index (κ1) is 18.5. The summed E-state index contributed by atoms with van der Waals surface area (Å²) < 4.78 is 0. The number of hydrogen-bond acceptors (Lipinski definition) is 2. The van der Waals surface area contributed by atoms with E-state index < -0.39 is 7.92 Å². The van der Waals surface area contributed by atoms with E-state index in [4.69, 9.17) is 0 Å². The Labute approximate surface area is 178 Å². The molecule has 1 aliphatic rings. The van der Waals surface area contributed by atoms with Crippen LogP contribution in [0.15, 0.2) is 113 Å². The maximum atomic E-state index is 2.45. The van der Waals surface area contributed by atoms with Crippen LogP contribution in [0.2, 0.25) is 0 Å². The summed E-state index contributed by atoms with van der Waals surface area (Å²) >= 11 is 1.92. The molecule has 29 heavy (non-hydrogen) atoms. The van der Waals surface area contributed by atoms with Gasteiger partial charge >= 0.3 is 0 Å². The SMILES string of the molecule is CCN1c2ccccc2Sc2c1cccc2P(c1ccccc1)c1ccccc1. The Morgan fingerprint density at radius 2 is 1.24 bits per heavy atom. The molecule has 0 saturated carbocycles. The van der Waals surface area contributed by atoms with E-state index in [2.05, 4.69) is 115 Å². The number of rotatable bonds is 4. The van der Waals surface area contributed by atoms with Crippen molar-refractivity contribution >= 4 is 47.0 Å². The van der Waals surface area contributed by atoms with Crippen LogP contribution in [0.3, 0.4) is 0 Å². The molecule has 0 aliphatic carbocycles. The van der Waals surface area contributed by atoms with E-state index >= 15 is 0 Å². The molecule has 0 amide bonds. The highest BCUT2D eigenvalue weighted by Gasteiger charge is 2.28. The first-order valence-corrected chi connectivity index (χ1v) is 12.1. The minimum atomic E-state index is -0.621. The number of hydrogen-bond donors (Lipinski definition) is 0. The Bertz CT molecular complexity index is 1090. The summed E-state index contributed by atoms with van der Waals surface area (Å²) in [5.74, 6) is 0. The van der Waals surface area contributed by atoms with Gasteiger partial charge in [-0.2, -0.15) is 0 Å². The minimum Gasteiger partial charge on any atom is -0.340 e. The third kappa shape index (κ3) is 3.37. The van der Waals surface area contributed by atoms with Crippen molar-refractivity contribution in [3.63, 3.8) is 0 Å². The molecule has 0 spiro atoms. The van der Waals surface area contributed by atoms with Crippen LogP contribution in [0.1, 0.15) is 6.92 Å². The second-order valence-electron chi connectivity index (χ2n) is 6.95. The van der Waals surface area contributed by atoms with Gasteiger partial charge < -0.3 is 4.90 Å². The molecule has 0 N–H and O–H groups in total. The predicted octanol–water partition coefficient (Wildman–Crippen LogP) is 6.07. The molecule has 1 aliphatic heterocycles. The van der Waals surface area contributed by atoms with E-state index in [-0.39, 0.29) is 0 Å². The van der Waals surface area contributed by atoms with Crippen molar-refractivity contribution in [2.75, 3.05) is 11.4 Å². The Balaban J connectivity index is 1.72. The van der Waals surface area contributed by atoms with Gasteiger partial charge in [-0.3, -0.25) is 0 Å². The molecule has 4 aromatic carbocycles. The van der Waals surface area contributed by atoms with Gasteiger partial charge in [0.05, 0.1) is 11.4 Å². The van der Waals surface area contributed by atoms with E-state index in [1.54, 1.807) is 0 Å². The summed E-state index contributed by atoms with van der Waals surface area (Å²) in [6.45, 7) is 3.20. The lowest BCUT2D eigenvalue weighted by Gasteiger charge is -2.34. The molecule has 0 saturated heterocycles. The molecule has 1 heterocycles. The highest BCUT2D eigenvalue weighted by atomic mass is 32.2. The topological polar surface area (TPSA) is 3.24 Å². The van der Waals surface area contributed by atoms with E-state index in [0.717, 1.165) is 6.54 Å². The number of fused-ring (bicyclic) bond motifs is 2. The van der Waals surface area contributed by atoms with Gasteiger partial charge in [-0.1, -0.05) is 96.7 Å². The minimum absolute atomic E-state index is 0.621. The van der Waals surface area contributed by atoms with Crippen molar-refractivity contribution < 1.29 is 0 Å². The van der Waals surface area contributed by atoms with Gasteiger partial charge in [0.1, 0.15) is 0 Å². The molecule has 3 heteroatoms. The van der Waals surface area contributed by atoms with Crippen molar-refractivity contribution in [1.82, 2.24) is 0 Å². The van der Waals surface area contributed by atoms with E-state index in [1.807, 2.05) is 11.8 Å². The fourth-order valence-corrected chi connectivity index (χ4v) is 7.80. The van der Waals surface area contributed by atoms with Crippen LogP contribution in [0, 0.1) is 0 Å². The fourth-order valence-electron chi connectivity index (χ4n) is 3.93. The highest BCUT2D eigenvalue weighted by molar-refractivity contribution is 8.00. The molecule has 142 valence electrons. The molecule has 0 unspecified atom stereocenters. The molecular weight excluding hydrogens is 389 g/mol. The van der Waals surface area contributed by atoms with Crippen molar-refractivity contribution in [2.45, 2.75) is 16.7 Å². The lowest BCUT2D eigenvalue weighted by Crippen LogP contribution is -2.26. The van der Waals surface area contributed by atoms with Gasteiger partial charge in [-0.05, 0) is 43.7 Å². The maximum Gasteiger partial charge on any atom is 0.0559 e. The van der Waals surface area contributed by atoms with Crippen LogP contribution in [-0.4, -0.2) is 6.54 Å². The lowest BCUT2D eigenvalue weighted by molar-refractivity contribution is 0.982. The predicted molar refractivity (Wildman–Crippen MR) is 128 cm³/mol. The third-order valence-electron chi connectivity index (χ3n) is 5.22. The van der Waals surface area contributed by atoms with Crippen LogP contribution in [0.4, 0.5) is 11.4 Å². The third-order valence-corrected chi connectivity index (χ3v) is 9.05. The van der Waals surface area contributed by atoms with Gasteiger partial charge in [0.15, 0.2) is 0 Å². The van der Waals surface area contributed by atoms with Crippen molar-refractivity contribution in [3.8, 4) is 0 Å². The standard InChI is InChI=1S/C26H22NPS/c1-2-27-22-16-9-10-19-25(22)29-26-23(27)17-11-18-24(26)28(20-12-5-3-6-13-20)21-14-7-4-8-15-21/h3-19H,2H2,1H3. The van der Waals surface area contributed by atoms with Crippen LogP contribution in [0.5, 0.6) is 0 Å². The van der Waals surface area contributed by atoms with Crippen LogP contribution in [0.25, 0.3) is 0 Å². The first-order chi connectivity index (χ1) is 14.4. The Kier molecular flexibility index (Phi) is 5.14. The van der Waals surface area contributed by atoms with Crippen LogP contribution >= 0.6 is 19.7 Å². The first-order valence-electron chi connectivity index (χ1n) is 9.94. The molecule has 0 atom stereocenters. The summed E-state index contributed by atoms with van der Waals surface area (Å²) in [5, 5.41) is 4.22. The van der Waals surface area contributed by atoms with E-state index in [9.17, 15) is 0 Å². The van der Waals surface area contributed by atoms with Crippen molar-refractivity contribution in [3.05, 3.63) is 103 Å². The maximum absolute atomic E-state index is 2.45. The average molecular weight is 412 g/mol. The molecule has 0 bridgehead atoms. The smallest absolute Gasteiger partial charge is 0.0559 e. The van der Waals surface area contributed by atoms with E-state index in [0.29, 0.717) is 0 Å². The van der Waals surface area contributed by atoms with Crippen LogP contribution in [-0.2, 0) is 0 Å². The Morgan fingerprint density at radius 1 is 0.655 bits per heavy atom. The van der Waals surface area contributed by atoms with Gasteiger partial charge in [-0.25, -0.2) is 0 Å². The number of nitrogens with zero attached hydrogens (tertiary/aromatic N) is 1. The summed E-state index contributed by atoms with van der Waals surface area (Å²) in [6, 6.07) is 37.5. The van der Waals surface area contributed by atoms with E-state index in [1.165, 1.54) is 37.1 Å². The Hall–Kier alpha value is -2.54. The molecule has 0 aromatic heterocycles. The van der Waals surface area contributed by atoms with Gasteiger partial charge in [-0.15, -0.1) is 0 Å². The fraction of sp³-hybridized carbons (Fsp3) is 0.0769. The summed E-state index contributed by atoms with van der Waals surface area (Å²) in [7, 11) is -0.621. The second kappa shape index (κ2) is 8.06. The van der Waals surface area contributed by atoms with Crippen molar-refractivity contribution in [2.24, 2.45) is 0 Å². The quantitative estimate of drug-likeness (QED) is 0.375.